The van der Waals surface area contributed by atoms with Gasteiger partial charge in [0.25, 0.3) is 5.91 Å². The van der Waals surface area contributed by atoms with Crippen LogP contribution in [0.4, 0.5) is 5.69 Å². The van der Waals surface area contributed by atoms with Crippen LogP contribution in [0.5, 0.6) is 0 Å². The van der Waals surface area contributed by atoms with Gasteiger partial charge in [0.2, 0.25) is 0 Å². The van der Waals surface area contributed by atoms with E-state index in [9.17, 15) is 4.79 Å². The van der Waals surface area contributed by atoms with Gasteiger partial charge in [0.1, 0.15) is 0 Å². The maximum atomic E-state index is 12.9. The number of benzene rings is 1. The Morgan fingerprint density at radius 3 is 2.95 bits per heavy atom. The fourth-order valence-corrected chi connectivity index (χ4v) is 2.67. The van der Waals surface area contributed by atoms with Gasteiger partial charge >= 0.3 is 0 Å². The van der Waals surface area contributed by atoms with Gasteiger partial charge in [-0.15, -0.1) is 0 Å². The van der Waals surface area contributed by atoms with Crippen molar-refractivity contribution < 1.29 is 9.53 Å². The van der Waals surface area contributed by atoms with E-state index in [1.807, 2.05) is 17.0 Å². The molecule has 0 bridgehead atoms. The second kappa shape index (κ2) is 7.46. The van der Waals surface area contributed by atoms with Gasteiger partial charge in [-0.05, 0) is 37.5 Å². The first-order valence-corrected chi connectivity index (χ1v) is 7.90. The molecule has 1 aliphatic rings. The highest BCUT2D eigenvalue weighted by Gasteiger charge is 2.28. The van der Waals surface area contributed by atoms with Crippen LogP contribution < -0.4 is 5.32 Å². The van der Waals surface area contributed by atoms with Gasteiger partial charge in [-0.3, -0.25) is 4.79 Å². The van der Waals surface area contributed by atoms with Crippen molar-refractivity contribution in [3.8, 4) is 0 Å². The van der Waals surface area contributed by atoms with E-state index in [1.165, 1.54) is 5.56 Å². The lowest BCUT2D eigenvalue weighted by Crippen LogP contribution is -2.48. The normalized spacial score (nSPS) is 18.6. The van der Waals surface area contributed by atoms with Crippen molar-refractivity contribution in [1.82, 2.24) is 4.90 Å². The lowest BCUT2D eigenvalue weighted by atomic mass is 10.1. The first-order valence-electron chi connectivity index (χ1n) is 7.90. The Hall–Kier alpha value is -1.55. The summed E-state index contributed by atoms with van der Waals surface area (Å²) in [6, 6.07) is 6.19. The van der Waals surface area contributed by atoms with Crippen LogP contribution in [-0.4, -0.2) is 43.2 Å². The second-order valence-electron chi connectivity index (χ2n) is 5.61. The fourth-order valence-electron chi connectivity index (χ4n) is 2.67. The number of hydrogen-bond donors (Lipinski definition) is 1. The predicted molar refractivity (Wildman–Crippen MR) is 85.9 cm³/mol. The van der Waals surface area contributed by atoms with Crippen LogP contribution in [0.3, 0.4) is 0 Å². The van der Waals surface area contributed by atoms with Crippen molar-refractivity contribution in [2.24, 2.45) is 0 Å². The maximum absolute atomic E-state index is 12.9. The number of amides is 1. The van der Waals surface area contributed by atoms with Crippen LogP contribution in [0.25, 0.3) is 0 Å². The Labute approximate surface area is 127 Å². The Kier molecular flexibility index (Phi) is 5.62. The molecule has 0 aliphatic carbocycles. The van der Waals surface area contributed by atoms with Crippen LogP contribution in [0.15, 0.2) is 18.2 Å². The van der Waals surface area contributed by atoms with E-state index in [1.54, 1.807) is 0 Å². The smallest absolute Gasteiger partial charge is 0.256 e. The summed E-state index contributed by atoms with van der Waals surface area (Å²) in [5.41, 5.74) is 2.89. The molecule has 1 heterocycles. The van der Waals surface area contributed by atoms with Gasteiger partial charge in [0.05, 0.1) is 24.8 Å². The Morgan fingerprint density at radius 1 is 1.43 bits per heavy atom. The highest BCUT2D eigenvalue weighted by atomic mass is 16.5. The molecule has 1 saturated heterocycles. The van der Waals surface area contributed by atoms with Crippen LogP contribution in [0, 0.1) is 6.92 Å². The molecule has 1 aromatic carbocycles. The number of ether oxygens (including phenoxy) is 1. The fraction of sp³-hybridized carbons (Fsp3) is 0.588. The van der Waals surface area contributed by atoms with Crippen molar-refractivity contribution in [1.29, 1.82) is 0 Å². The summed E-state index contributed by atoms with van der Waals surface area (Å²) in [5, 5.41) is 3.38. The summed E-state index contributed by atoms with van der Waals surface area (Å²) in [4.78, 5) is 14.9. The van der Waals surface area contributed by atoms with Crippen LogP contribution in [0.2, 0.25) is 0 Å². The molecule has 21 heavy (non-hydrogen) atoms. The molecule has 1 aromatic rings. The molecule has 0 saturated carbocycles. The first-order chi connectivity index (χ1) is 10.2. The van der Waals surface area contributed by atoms with Gasteiger partial charge in [0, 0.05) is 18.8 Å². The molecule has 0 spiro atoms. The van der Waals surface area contributed by atoms with Gasteiger partial charge < -0.3 is 15.0 Å². The number of anilines is 1. The second-order valence-corrected chi connectivity index (χ2v) is 5.61. The van der Waals surface area contributed by atoms with Gasteiger partial charge in [-0.2, -0.15) is 0 Å². The lowest BCUT2D eigenvalue weighted by Gasteiger charge is -2.35. The quantitative estimate of drug-likeness (QED) is 0.906. The number of carbonyl (C=O) groups is 1. The lowest BCUT2D eigenvalue weighted by molar-refractivity contribution is -0.00274. The molecule has 1 amide bonds. The molecule has 4 heteroatoms. The largest absolute Gasteiger partial charge is 0.384 e. The zero-order valence-electron chi connectivity index (χ0n) is 13.3. The predicted octanol–water partition coefficient (Wildman–Crippen LogP) is 3.07. The summed E-state index contributed by atoms with van der Waals surface area (Å²) in [6.07, 6.45) is 1.96. The number of rotatable bonds is 5. The molecule has 1 fully saturated rings. The SMILES string of the molecule is CCCNc1cc(C)ccc1C(=O)N1CCOCC1CC. The average molecular weight is 290 g/mol. The number of aryl methyl sites for hydroxylation is 1. The third-order valence-electron chi connectivity index (χ3n) is 3.93. The Balaban J connectivity index is 2.24. The van der Waals surface area contributed by atoms with E-state index < -0.39 is 0 Å². The van der Waals surface area contributed by atoms with E-state index in [0.29, 0.717) is 19.8 Å². The topological polar surface area (TPSA) is 41.6 Å². The van der Waals surface area contributed by atoms with Crippen LogP contribution >= 0.6 is 0 Å². The van der Waals surface area contributed by atoms with Crippen molar-refractivity contribution in [3.63, 3.8) is 0 Å². The zero-order chi connectivity index (χ0) is 15.2. The molecule has 1 N–H and O–H groups in total. The Morgan fingerprint density at radius 2 is 2.24 bits per heavy atom. The Bertz CT molecular complexity index is 488. The molecule has 116 valence electrons. The van der Waals surface area contributed by atoms with Crippen molar-refractivity contribution in [3.05, 3.63) is 29.3 Å². The van der Waals surface area contributed by atoms with E-state index in [4.69, 9.17) is 4.74 Å². The third-order valence-corrected chi connectivity index (χ3v) is 3.93. The molecule has 2 rings (SSSR count). The monoisotopic (exact) mass is 290 g/mol. The highest BCUT2D eigenvalue weighted by Crippen LogP contribution is 2.22. The summed E-state index contributed by atoms with van der Waals surface area (Å²) < 4.78 is 5.49. The van der Waals surface area contributed by atoms with Gasteiger partial charge in [-0.25, -0.2) is 0 Å². The standard InChI is InChI=1S/C17H26N2O2/c1-4-8-18-16-11-13(3)6-7-15(16)17(20)19-9-10-21-12-14(19)5-2/h6-7,11,14,18H,4-5,8-10,12H2,1-3H3. The molecule has 0 radical (unpaired) electrons. The molecule has 1 unspecified atom stereocenters. The van der Waals surface area contributed by atoms with Crippen LogP contribution in [-0.2, 0) is 4.74 Å². The molecule has 1 aliphatic heterocycles. The minimum absolute atomic E-state index is 0.115. The summed E-state index contributed by atoms with van der Waals surface area (Å²) in [7, 11) is 0. The minimum Gasteiger partial charge on any atom is -0.384 e. The number of carbonyl (C=O) groups excluding carboxylic acids is 1. The van der Waals surface area contributed by atoms with E-state index in [0.717, 1.165) is 30.6 Å². The molecule has 1 atom stereocenters. The molecule has 0 aromatic heterocycles. The van der Waals surface area contributed by atoms with Gasteiger partial charge in [-0.1, -0.05) is 19.9 Å². The van der Waals surface area contributed by atoms with E-state index in [-0.39, 0.29) is 11.9 Å². The minimum atomic E-state index is 0.115. The van der Waals surface area contributed by atoms with E-state index in [2.05, 4.69) is 32.2 Å². The van der Waals surface area contributed by atoms with Crippen molar-refractivity contribution >= 4 is 11.6 Å². The summed E-state index contributed by atoms with van der Waals surface area (Å²) in [6.45, 7) is 9.11. The molecule has 4 nitrogen and oxygen atoms in total. The number of morpholine rings is 1. The maximum Gasteiger partial charge on any atom is 0.256 e. The average Bonchev–Trinajstić information content (AvgIpc) is 2.52. The number of nitrogens with zero attached hydrogens (tertiary/aromatic N) is 1. The van der Waals surface area contributed by atoms with Crippen molar-refractivity contribution in [2.45, 2.75) is 39.7 Å². The number of hydrogen-bond acceptors (Lipinski definition) is 3. The van der Waals surface area contributed by atoms with Gasteiger partial charge in [0.15, 0.2) is 0 Å². The van der Waals surface area contributed by atoms with E-state index >= 15 is 0 Å². The highest BCUT2D eigenvalue weighted by molar-refractivity contribution is 6.00. The molecular weight excluding hydrogens is 264 g/mol. The van der Waals surface area contributed by atoms with Crippen LogP contribution in [0.1, 0.15) is 42.6 Å². The third kappa shape index (κ3) is 3.76. The molecular formula is C17H26N2O2. The zero-order valence-corrected chi connectivity index (χ0v) is 13.3. The summed E-state index contributed by atoms with van der Waals surface area (Å²) >= 11 is 0. The first kappa shape index (κ1) is 15.8. The summed E-state index contributed by atoms with van der Waals surface area (Å²) in [5.74, 6) is 0.115. The van der Waals surface area contributed by atoms with Crippen molar-refractivity contribution in [2.75, 3.05) is 31.6 Å². The number of nitrogens with one attached hydrogen (secondary N) is 1.